The van der Waals surface area contributed by atoms with Gasteiger partial charge in [-0.3, -0.25) is 4.79 Å². The molecule has 3 N–H and O–H groups in total. The molecule has 0 aromatic carbocycles. The van der Waals surface area contributed by atoms with E-state index in [1.54, 1.807) is 0 Å². The third-order valence-corrected chi connectivity index (χ3v) is 1.33. The van der Waals surface area contributed by atoms with Crippen LogP contribution in [0.25, 0.3) is 0 Å². The number of rotatable bonds is 5. The molecule has 1 atom stereocenters. The van der Waals surface area contributed by atoms with Gasteiger partial charge in [0.2, 0.25) is 0 Å². The summed E-state index contributed by atoms with van der Waals surface area (Å²) in [6.45, 7) is 2.07. The van der Waals surface area contributed by atoms with E-state index in [4.69, 9.17) is 10.8 Å². The van der Waals surface area contributed by atoms with Gasteiger partial charge in [0.25, 0.3) is 0 Å². The second kappa shape index (κ2) is 5.92. The summed E-state index contributed by atoms with van der Waals surface area (Å²) in [5.41, 5.74) is 5.25. The van der Waals surface area contributed by atoms with Crippen LogP contribution in [-0.2, 0) is 4.79 Å². The minimum atomic E-state index is -0.939. The molecule has 0 aliphatic carbocycles. The maximum atomic E-state index is 10.2. The second-order valence-corrected chi connectivity index (χ2v) is 2.44. The Morgan fingerprint density at radius 1 is 1.64 bits per heavy atom. The molecule has 0 amide bonds. The fourth-order valence-electron chi connectivity index (χ4n) is 0.628. The zero-order valence-corrected chi connectivity index (χ0v) is 6.79. The van der Waals surface area contributed by atoms with E-state index in [2.05, 4.69) is 6.92 Å². The number of hydrogen-bond acceptors (Lipinski definition) is 2. The van der Waals surface area contributed by atoms with Crippen LogP contribution in [0.1, 0.15) is 26.2 Å². The lowest BCUT2D eigenvalue weighted by atomic mass is 10.2. The highest BCUT2D eigenvalue weighted by Crippen LogP contribution is 1.94. The first kappa shape index (κ1) is 10.2. The normalized spacial score (nSPS) is 13.6. The third kappa shape index (κ3) is 5.61. The predicted molar refractivity (Wildman–Crippen MR) is 44.3 cm³/mol. The van der Waals surface area contributed by atoms with Crippen molar-refractivity contribution in [2.24, 2.45) is 5.73 Å². The van der Waals surface area contributed by atoms with Crippen molar-refractivity contribution in [1.82, 2.24) is 0 Å². The van der Waals surface area contributed by atoms with Crippen molar-refractivity contribution >= 4 is 5.97 Å². The summed E-state index contributed by atoms with van der Waals surface area (Å²) in [5.74, 6) is -0.939. The first-order valence-corrected chi connectivity index (χ1v) is 3.81. The zero-order chi connectivity index (χ0) is 8.69. The Balaban J connectivity index is 3.44. The predicted octanol–water partition coefficient (Wildman–Crippen LogP) is 1.14. The summed E-state index contributed by atoms with van der Waals surface area (Å²) in [4.78, 5) is 10.2. The summed E-state index contributed by atoms with van der Waals surface area (Å²) in [5, 5.41) is 8.38. The minimum Gasteiger partial charge on any atom is -0.480 e. The third-order valence-electron chi connectivity index (χ3n) is 1.33. The van der Waals surface area contributed by atoms with Crippen molar-refractivity contribution in [2.75, 3.05) is 0 Å². The Hall–Kier alpha value is -0.830. The topological polar surface area (TPSA) is 63.3 Å². The molecule has 0 rings (SSSR count). The van der Waals surface area contributed by atoms with E-state index in [0.717, 1.165) is 12.8 Å². The maximum Gasteiger partial charge on any atom is 0.320 e. The van der Waals surface area contributed by atoms with Crippen LogP contribution in [0.2, 0.25) is 0 Å². The molecule has 0 bridgehead atoms. The van der Waals surface area contributed by atoms with Crippen LogP contribution in [0, 0.1) is 0 Å². The van der Waals surface area contributed by atoms with E-state index in [1.807, 2.05) is 12.2 Å². The first-order valence-electron chi connectivity index (χ1n) is 3.81. The molecule has 0 aliphatic rings. The SMILES string of the molecule is CCCC=CCC(N)C(=O)O. The Labute approximate surface area is 66.9 Å². The lowest BCUT2D eigenvalue weighted by Gasteiger charge is -1.99. The van der Waals surface area contributed by atoms with Gasteiger partial charge in [0.1, 0.15) is 6.04 Å². The van der Waals surface area contributed by atoms with Gasteiger partial charge in [-0.25, -0.2) is 0 Å². The molecule has 3 nitrogen and oxygen atoms in total. The monoisotopic (exact) mass is 157 g/mol. The molecule has 0 radical (unpaired) electrons. The van der Waals surface area contributed by atoms with Gasteiger partial charge < -0.3 is 10.8 Å². The van der Waals surface area contributed by atoms with Crippen molar-refractivity contribution < 1.29 is 9.90 Å². The molecule has 1 unspecified atom stereocenters. The van der Waals surface area contributed by atoms with E-state index in [9.17, 15) is 4.79 Å². The van der Waals surface area contributed by atoms with Crippen LogP contribution < -0.4 is 5.73 Å². The highest BCUT2D eigenvalue weighted by atomic mass is 16.4. The van der Waals surface area contributed by atoms with Crippen LogP contribution in [0.3, 0.4) is 0 Å². The molecular weight excluding hydrogens is 142 g/mol. The molecule has 3 heteroatoms. The van der Waals surface area contributed by atoms with E-state index in [-0.39, 0.29) is 0 Å². The molecular formula is C8H15NO2. The Morgan fingerprint density at radius 3 is 2.73 bits per heavy atom. The number of nitrogens with two attached hydrogens (primary N) is 1. The summed E-state index contributed by atoms with van der Waals surface area (Å²) < 4.78 is 0. The van der Waals surface area contributed by atoms with Gasteiger partial charge >= 0.3 is 5.97 Å². The number of unbranched alkanes of at least 4 members (excludes halogenated alkanes) is 1. The fourth-order valence-corrected chi connectivity index (χ4v) is 0.628. The summed E-state index contributed by atoms with van der Waals surface area (Å²) in [6, 6.07) is -0.747. The average Bonchev–Trinajstić information content (AvgIpc) is 1.97. The van der Waals surface area contributed by atoms with Crippen LogP contribution >= 0.6 is 0 Å². The Bertz CT molecular complexity index is 143. The lowest BCUT2D eigenvalue weighted by Crippen LogP contribution is -2.29. The van der Waals surface area contributed by atoms with Crippen molar-refractivity contribution in [3.05, 3.63) is 12.2 Å². The van der Waals surface area contributed by atoms with E-state index < -0.39 is 12.0 Å². The zero-order valence-electron chi connectivity index (χ0n) is 6.79. The Kier molecular flexibility index (Phi) is 5.47. The lowest BCUT2D eigenvalue weighted by molar-refractivity contribution is -0.138. The number of allylic oxidation sites excluding steroid dienone is 1. The van der Waals surface area contributed by atoms with E-state index in [1.165, 1.54) is 0 Å². The van der Waals surface area contributed by atoms with Crippen LogP contribution in [0.5, 0.6) is 0 Å². The van der Waals surface area contributed by atoms with E-state index >= 15 is 0 Å². The first-order chi connectivity index (χ1) is 5.18. The largest absolute Gasteiger partial charge is 0.480 e. The summed E-state index contributed by atoms with van der Waals surface area (Å²) >= 11 is 0. The molecule has 64 valence electrons. The van der Waals surface area contributed by atoms with Crippen molar-refractivity contribution in [1.29, 1.82) is 0 Å². The number of carboxylic acids is 1. The smallest absolute Gasteiger partial charge is 0.320 e. The highest BCUT2D eigenvalue weighted by Gasteiger charge is 2.07. The van der Waals surface area contributed by atoms with Gasteiger partial charge in [0.05, 0.1) is 0 Å². The quantitative estimate of drug-likeness (QED) is 0.588. The molecule has 0 aromatic heterocycles. The second-order valence-electron chi connectivity index (χ2n) is 2.44. The molecule has 0 spiro atoms. The highest BCUT2D eigenvalue weighted by molar-refractivity contribution is 5.73. The van der Waals surface area contributed by atoms with Crippen LogP contribution in [0.4, 0.5) is 0 Å². The molecule has 0 heterocycles. The number of carbonyl (C=O) groups is 1. The number of hydrogen-bond donors (Lipinski definition) is 2. The molecule has 0 saturated heterocycles. The van der Waals surface area contributed by atoms with Gasteiger partial charge in [-0.1, -0.05) is 25.5 Å². The van der Waals surface area contributed by atoms with Crippen LogP contribution in [-0.4, -0.2) is 17.1 Å². The van der Waals surface area contributed by atoms with Gasteiger partial charge in [-0.2, -0.15) is 0 Å². The van der Waals surface area contributed by atoms with Crippen molar-refractivity contribution in [3.8, 4) is 0 Å². The molecule has 11 heavy (non-hydrogen) atoms. The van der Waals surface area contributed by atoms with E-state index in [0.29, 0.717) is 6.42 Å². The average molecular weight is 157 g/mol. The number of carboxylic acid groups (broad SMARTS) is 1. The summed E-state index contributed by atoms with van der Waals surface area (Å²) in [6.07, 6.45) is 6.28. The van der Waals surface area contributed by atoms with Gasteiger partial charge in [-0.05, 0) is 12.8 Å². The standard InChI is InChI=1S/C8H15NO2/c1-2-3-4-5-6-7(9)8(10)11/h4-5,7H,2-3,6,9H2,1H3,(H,10,11). The maximum absolute atomic E-state index is 10.2. The minimum absolute atomic E-state index is 0.426. The fraction of sp³-hybridized carbons (Fsp3) is 0.625. The molecule has 0 saturated carbocycles. The molecule has 0 aliphatic heterocycles. The molecule has 0 fully saturated rings. The molecule has 0 aromatic rings. The van der Waals surface area contributed by atoms with Gasteiger partial charge in [0.15, 0.2) is 0 Å². The summed E-state index contributed by atoms with van der Waals surface area (Å²) in [7, 11) is 0. The van der Waals surface area contributed by atoms with Crippen molar-refractivity contribution in [2.45, 2.75) is 32.2 Å². The van der Waals surface area contributed by atoms with Crippen molar-refractivity contribution in [3.63, 3.8) is 0 Å². The number of aliphatic carboxylic acids is 1. The Morgan fingerprint density at radius 2 is 2.27 bits per heavy atom. The van der Waals surface area contributed by atoms with Gasteiger partial charge in [0, 0.05) is 0 Å². The van der Waals surface area contributed by atoms with Gasteiger partial charge in [-0.15, -0.1) is 0 Å². The van der Waals surface area contributed by atoms with Crippen LogP contribution in [0.15, 0.2) is 12.2 Å².